The lowest BCUT2D eigenvalue weighted by Crippen LogP contribution is -2.46. The Kier molecular flexibility index (Phi) is 11.3. The highest BCUT2D eigenvalue weighted by molar-refractivity contribution is 14.0. The number of halogens is 2. The molecule has 0 unspecified atom stereocenters. The number of amides is 2. The standard InChI is InChI=1S/C20H30ClN5O2.HI/c1-14-4-5-17(16(21)12-14)25-18(27)6-9-24-20(23-3)26-10-7-15(8-11-26)13-19(28)22-2;/h4-5,12,15H,6-11,13H2,1-3H3,(H,22,28)(H,23,24)(H,25,27);1H. The van der Waals surface area contributed by atoms with Crippen LogP contribution in [0, 0.1) is 12.8 Å². The second-order valence-electron chi connectivity index (χ2n) is 7.06. The Morgan fingerprint density at radius 3 is 2.52 bits per heavy atom. The van der Waals surface area contributed by atoms with Gasteiger partial charge in [-0.2, -0.15) is 0 Å². The Morgan fingerprint density at radius 2 is 1.93 bits per heavy atom. The second-order valence-corrected chi connectivity index (χ2v) is 7.47. The first-order chi connectivity index (χ1) is 13.4. The van der Waals surface area contributed by atoms with Crippen molar-refractivity contribution in [1.82, 2.24) is 15.5 Å². The van der Waals surface area contributed by atoms with Gasteiger partial charge in [0.15, 0.2) is 5.96 Å². The van der Waals surface area contributed by atoms with Gasteiger partial charge in [0.1, 0.15) is 0 Å². The van der Waals surface area contributed by atoms with Gasteiger partial charge in [0.25, 0.3) is 0 Å². The number of hydrogen-bond donors (Lipinski definition) is 3. The van der Waals surface area contributed by atoms with Gasteiger partial charge in [-0.15, -0.1) is 24.0 Å². The Morgan fingerprint density at radius 1 is 1.24 bits per heavy atom. The van der Waals surface area contributed by atoms with Crippen LogP contribution in [0.15, 0.2) is 23.2 Å². The molecule has 3 N–H and O–H groups in total. The van der Waals surface area contributed by atoms with Crippen LogP contribution in [0.4, 0.5) is 5.69 Å². The smallest absolute Gasteiger partial charge is 0.226 e. The first-order valence-corrected chi connectivity index (χ1v) is 10.0. The van der Waals surface area contributed by atoms with Crippen molar-refractivity contribution in [2.45, 2.75) is 32.6 Å². The van der Waals surface area contributed by atoms with Gasteiger partial charge >= 0.3 is 0 Å². The summed E-state index contributed by atoms with van der Waals surface area (Å²) in [4.78, 5) is 30.2. The Hall–Kier alpha value is -1.55. The molecule has 2 amide bonds. The Balaban J connectivity index is 0.00000420. The van der Waals surface area contributed by atoms with Gasteiger partial charge in [-0.05, 0) is 43.4 Å². The number of piperidine rings is 1. The number of benzene rings is 1. The quantitative estimate of drug-likeness (QED) is 0.297. The molecule has 0 aliphatic carbocycles. The van der Waals surface area contributed by atoms with Gasteiger partial charge in [0, 0.05) is 46.6 Å². The molecule has 9 heteroatoms. The number of hydrogen-bond acceptors (Lipinski definition) is 3. The summed E-state index contributed by atoms with van der Waals surface area (Å²) in [5.74, 6) is 1.21. The van der Waals surface area contributed by atoms with Gasteiger partial charge < -0.3 is 20.9 Å². The number of carbonyl (C=O) groups is 2. The molecule has 1 saturated heterocycles. The largest absolute Gasteiger partial charge is 0.359 e. The van der Waals surface area contributed by atoms with E-state index in [4.69, 9.17) is 11.6 Å². The number of anilines is 1. The van der Waals surface area contributed by atoms with E-state index in [1.807, 2.05) is 25.1 Å². The second kappa shape index (κ2) is 12.9. The van der Waals surface area contributed by atoms with E-state index in [2.05, 4.69) is 25.8 Å². The number of nitrogens with one attached hydrogen (secondary N) is 3. The first kappa shape index (κ1) is 25.5. The fraction of sp³-hybridized carbons (Fsp3) is 0.550. The highest BCUT2D eigenvalue weighted by Crippen LogP contribution is 2.23. The van der Waals surface area contributed by atoms with Crippen LogP contribution in [-0.2, 0) is 9.59 Å². The summed E-state index contributed by atoms with van der Waals surface area (Å²) in [6, 6.07) is 5.55. The van der Waals surface area contributed by atoms with Crippen LogP contribution in [0.5, 0.6) is 0 Å². The number of likely N-dealkylation sites (tertiary alicyclic amines) is 1. The van der Waals surface area contributed by atoms with Crippen molar-refractivity contribution in [3.8, 4) is 0 Å². The van der Waals surface area contributed by atoms with E-state index >= 15 is 0 Å². The highest BCUT2D eigenvalue weighted by atomic mass is 127. The molecule has 0 spiro atoms. The molecular formula is C20H31ClIN5O2. The molecule has 1 aromatic rings. The Bertz CT molecular complexity index is 721. The van der Waals surface area contributed by atoms with Crippen molar-refractivity contribution in [2.24, 2.45) is 10.9 Å². The predicted molar refractivity (Wildman–Crippen MR) is 129 cm³/mol. The number of nitrogens with zero attached hydrogens (tertiary/aromatic N) is 2. The zero-order valence-electron chi connectivity index (χ0n) is 17.3. The van der Waals surface area contributed by atoms with E-state index in [0.717, 1.165) is 37.5 Å². The van der Waals surface area contributed by atoms with Crippen molar-refractivity contribution in [2.75, 3.05) is 39.0 Å². The third kappa shape index (κ3) is 8.38. The van der Waals surface area contributed by atoms with Crippen molar-refractivity contribution in [3.05, 3.63) is 28.8 Å². The molecule has 0 radical (unpaired) electrons. The number of guanidine groups is 1. The van der Waals surface area contributed by atoms with E-state index in [0.29, 0.717) is 36.0 Å². The molecule has 29 heavy (non-hydrogen) atoms. The van der Waals surface area contributed by atoms with Crippen LogP contribution >= 0.6 is 35.6 Å². The summed E-state index contributed by atoms with van der Waals surface area (Å²) in [6.45, 7) is 4.15. The number of carbonyl (C=O) groups excluding carboxylic acids is 2. The topological polar surface area (TPSA) is 85.8 Å². The summed E-state index contributed by atoms with van der Waals surface area (Å²) in [5.41, 5.74) is 1.67. The van der Waals surface area contributed by atoms with E-state index in [1.54, 1.807) is 14.1 Å². The van der Waals surface area contributed by atoms with Crippen LogP contribution in [0.2, 0.25) is 5.02 Å². The summed E-state index contributed by atoms with van der Waals surface area (Å²) in [5, 5.41) is 9.31. The number of aliphatic imine (C=N–C) groups is 1. The fourth-order valence-electron chi connectivity index (χ4n) is 3.27. The molecule has 2 rings (SSSR count). The van der Waals surface area contributed by atoms with E-state index in [9.17, 15) is 9.59 Å². The van der Waals surface area contributed by atoms with Gasteiger partial charge in [0.2, 0.25) is 11.8 Å². The number of rotatable bonds is 6. The average Bonchev–Trinajstić information content (AvgIpc) is 2.68. The molecule has 1 aliphatic rings. The summed E-state index contributed by atoms with van der Waals surface area (Å²) in [6.07, 6.45) is 2.82. The Labute approximate surface area is 195 Å². The maximum Gasteiger partial charge on any atom is 0.226 e. The lowest BCUT2D eigenvalue weighted by Gasteiger charge is -2.34. The van der Waals surface area contributed by atoms with E-state index in [-0.39, 0.29) is 35.8 Å². The minimum Gasteiger partial charge on any atom is -0.359 e. The third-order valence-electron chi connectivity index (χ3n) is 4.91. The predicted octanol–water partition coefficient (Wildman–Crippen LogP) is 3.02. The average molecular weight is 536 g/mol. The zero-order valence-corrected chi connectivity index (χ0v) is 20.3. The first-order valence-electron chi connectivity index (χ1n) is 9.65. The highest BCUT2D eigenvalue weighted by Gasteiger charge is 2.23. The van der Waals surface area contributed by atoms with E-state index < -0.39 is 0 Å². The lowest BCUT2D eigenvalue weighted by molar-refractivity contribution is -0.121. The summed E-state index contributed by atoms with van der Waals surface area (Å²) in [7, 11) is 3.41. The maximum absolute atomic E-state index is 12.2. The molecule has 0 saturated carbocycles. The van der Waals surface area contributed by atoms with Crippen LogP contribution in [0.3, 0.4) is 0 Å². The molecule has 7 nitrogen and oxygen atoms in total. The molecular weight excluding hydrogens is 505 g/mol. The molecule has 1 heterocycles. The van der Waals surface area contributed by atoms with Crippen molar-refractivity contribution < 1.29 is 9.59 Å². The van der Waals surface area contributed by atoms with Crippen molar-refractivity contribution >= 4 is 59.0 Å². The normalized spacial score (nSPS) is 14.8. The summed E-state index contributed by atoms with van der Waals surface area (Å²) >= 11 is 6.15. The summed E-state index contributed by atoms with van der Waals surface area (Å²) < 4.78 is 0. The van der Waals surface area contributed by atoms with Crippen LogP contribution in [0.25, 0.3) is 0 Å². The zero-order chi connectivity index (χ0) is 20.5. The lowest BCUT2D eigenvalue weighted by atomic mass is 9.93. The van der Waals surface area contributed by atoms with Gasteiger partial charge in [-0.25, -0.2) is 0 Å². The van der Waals surface area contributed by atoms with Gasteiger partial charge in [-0.3, -0.25) is 14.6 Å². The maximum atomic E-state index is 12.2. The molecule has 1 fully saturated rings. The minimum atomic E-state index is -0.0991. The third-order valence-corrected chi connectivity index (χ3v) is 5.23. The van der Waals surface area contributed by atoms with Crippen molar-refractivity contribution in [3.63, 3.8) is 0 Å². The molecule has 1 aliphatic heterocycles. The molecule has 0 aromatic heterocycles. The molecule has 1 aromatic carbocycles. The molecule has 162 valence electrons. The fourth-order valence-corrected chi connectivity index (χ4v) is 3.55. The van der Waals surface area contributed by atoms with Crippen LogP contribution < -0.4 is 16.0 Å². The monoisotopic (exact) mass is 535 g/mol. The van der Waals surface area contributed by atoms with Crippen LogP contribution in [-0.4, -0.2) is 56.4 Å². The molecule has 0 atom stereocenters. The molecule has 0 bridgehead atoms. The number of aryl methyl sites for hydroxylation is 1. The van der Waals surface area contributed by atoms with E-state index in [1.165, 1.54) is 0 Å². The SMILES string of the molecule is CN=C(NCCC(=O)Nc1ccc(C)cc1Cl)N1CCC(CC(=O)NC)CC1.I. The van der Waals surface area contributed by atoms with Crippen LogP contribution in [0.1, 0.15) is 31.2 Å². The van der Waals surface area contributed by atoms with Gasteiger partial charge in [-0.1, -0.05) is 17.7 Å². The van der Waals surface area contributed by atoms with Gasteiger partial charge in [0.05, 0.1) is 10.7 Å². The van der Waals surface area contributed by atoms with Crippen molar-refractivity contribution in [1.29, 1.82) is 0 Å². The minimum absolute atomic E-state index is 0.